The third-order valence-electron chi connectivity index (χ3n) is 4.55. The minimum absolute atomic E-state index is 0.158. The summed E-state index contributed by atoms with van der Waals surface area (Å²) in [6.45, 7) is -0.391. The third-order valence-corrected chi connectivity index (χ3v) is 4.55. The normalized spacial score (nSPS) is 17.6. The Labute approximate surface area is 153 Å². The van der Waals surface area contributed by atoms with E-state index in [1.165, 1.54) is 0 Å². The first kappa shape index (κ1) is 19.7. The molecule has 0 aromatic heterocycles. The average Bonchev–Trinajstić information content (AvgIpc) is 2.65. The molecule has 4 nitrogen and oxygen atoms in total. The van der Waals surface area contributed by atoms with E-state index in [0.717, 1.165) is 12.1 Å². The smallest absolute Gasteiger partial charge is 0.298 e. The molecule has 1 aliphatic carbocycles. The molecule has 3 rings (SSSR count). The van der Waals surface area contributed by atoms with E-state index in [1.807, 2.05) is 0 Å². The zero-order chi connectivity index (χ0) is 20.6. The Morgan fingerprint density at radius 1 is 0.964 bits per heavy atom. The number of hydrogen-bond donors (Lipinski definition) is 0. The highest BCUT2D eigenvalue weighted by Crippen LogP contribution is 2.52. The summed E-state index contributed by atoms with van der Waals surface area (Å²) >= 11 is 0. The largest absolute Gasteiger partial charge is 0.425 e. The van der Waals surface area contributed by atoms with Gasteiger partial charge in [0.05, 0.1) is 5.92 Å². The number of hydrogen-bond acceptors (Lipinski definition) is 4. The molecule has 2 aromatic rings. The van der Waals surface area contributed by atoms with E-state index < -0.39 is 69.7 Å². The Bertz CT molecular complexity index is 960. The lowest BCUT2D eigenvalue weighted by molar-refractivity contribution is -0.121. The summed E-state index contributed by atoms with van der Waals surface area (Å²) in [4.78, 5) is 20.8. The fraction of sp³-hybridized carbons (Fsp3) is 0.222. The molecule has 0 saturated carbocycles. The van der Waals surface area contributed by atoms with E-state index >= 15 is 8.78 Å². The Morgan fingerprint density at radius 2 is 1.64 bits per heavy atom. The molecule has 1 aliphatic rings. The van der Waals surface area contributed by atoms with Gasteiger partial charge in [-0.05, 0) is 25.0 Å². The van der Waals surface area contributed by atoms with Crippen LogP contribution in [0, 0.1) is 23.3 Å². The fourth-order valence-corrected chi connectivity index (χ4v) is 3.32. The number of rotatable bonds is 5. The van der Waals surface area contributed by atoms with Gasteiger partial charge >= 0.3 is 0 Å². The lowest BCUT2D eigenvalue weighted by Gasteiger charge is -2.34. The molecule has 0 bridgehead atoms. The van der Waals surface area contributed by atoms with E-state index in [9.17, 15) is 27.2 Å². The van der Waals surface area contributed by atoms with Crippen molar-refractivity contribution in [3.05, 3.63) is 58.2 Å². The summed E-state index contributed by atoms with van der Waals surface area (Å²) in [5.41, 5.74) is -2.16. The second-order valence-corrected chi connectivity index (χ2v) is 5.95. The van der Waals surface area contributed by atoms with Crippen LogP contribution in [-0.2, 0) is 21.9 Å². The first-order valence-electron chi connectivity index (χ1n) is 7.81. The maximum absolute atomic E-state index is 15.0. The van der Waals surface area contributed by atoms with Gasteiger partial charge in [0.15, 0.2) is 23.1 Å². The van der Waals surface area contributed by atoms with Crippen molar-refractivity contribution in [2.75, 3.05) is 0 Å². The third kappa shape index (κ3) is 2.98. The number of halogens is 6. The molecule has 0 N–H and O–H groups in total. The summed E-state index contributed by atoms with van der Waals surface area (Å²) in [5, 5.41) is 0. The molecule has 0 saturated heterocycles. The topological polar surface area (TPSA) is 52.6 Å². The van der Waals surface area contributed by atoms with Crippen LogP contribution in [0.4, 0.5) is 26.3 Å². The molecule has 0 spiro atoms. The summed E-state index contributed by atoms with van der Waals surface area (Å²) in [6, 6.07) is 1.87. The van der Waals surface area contributed by atoms with Crippen molar-refractivity contribution in [1.29, 1.82) is 0 Å². The maximum Gasteiger partial charge on any atom is 0.298 e. The molecule has 1 unspecified atom stereocenters. The molecular weight excluding hydrogens is 394 g/mol. The van der Waals surface area contributed by atoms with Crippen LogP contribution in [0.25, 0.3) is 0 Å². The minimum Gasteiger partial charge on any atom is -0.425 e. The van der Waals surface area contributed by atoms with E-state index in [1.54, 1.807) is 0 Å². The number of benzene rings is 2. The first-order chi connectivity index (χ1) is 13.2. The van der Waals surface area contributed by atoms with Gasteiger partial charge in [-0.3, -0.25) is 9.59 Å². The first-order valence-corrected chi connectivity index (χ1v) is 7.81. The van der Waals surface area contributed by atoms with E-state index in [-0.39, 0.29) is 25.4 Å². The quantitative estimate of drug-likeness (QED) is 0.556. The highest BCUT2D eigenvalue weighted by molar-refractivity contribution is 5.54. The van der Waals surface area contributed by atoms with Crippen LogP contribution in [0.15, 0.2) is 18.2 Å². The highest BCUT2D eigenvalue weighted by atomic mass is 19.3. The Kier molecular flexibility index (Phi) is 5.05. The van der Waals surface area contributed by atoms with Gasteiger partial charge in [0.25, 0.3) is 18.9 Å². The number of carbonyl (C=O) groups is 2. The van der Waals surface area contributed by atoms with E-state index in [0.29, 0.717) is 0 Å². The van der Waals surface area contributed by atoms with Gasteiger partial charge < -0.3 is 9.47 Å². The van der Waals surface area contributed by atoms with Crippen molar-refractivity contribution in [3.8, 4) is 11.5 Å². The van der Waals surface area contributed by atoms with Crippen LogP contribution in [-0.4, -0.2) is 12.9 Å². The predicted octanol–water partition coefficient (Wildman–Crippen LogP) is 4.14. The van der Waals surface area contributed by atoms with Crippen molar-refractivity contribution in [3.63, 3.8) is 0 Å². The molecule has 2 aromatic carbocycles. The lowest BCUT2D eigenvalue weighted by Crippen LogP contribution is -2.32. The fourth-order valence-electron chi connectivity index (χ4n) is 3.32. The van der Waals surface area contributed by atoms with Crippen molar-refractivity contribution in [2.24, 2.45) is 0 Å². The second-order valence-electron chi connectivity index (χ2n) is 5.95. The van der Waals surface area contributed by atoms with E-state index in [4.69, 9.17) is 0 Å². The van der Waals surface area contributed by atoms with Gasteiger partial charge in [-0.15, -0.1) is 0 Å². The molecule has 10 heteroatoms. The van der Waals surface area contributed by atoms with Gasteiger partial charge in [-0.25, -0.2) is 17.6 Å². The second kappa shape index (κ2) is 7.17. The highest BCUT2D eigenvalue weighted by Gasteiger charge is 2.49. The molecule has 0 aliphatic heterocycles. The maximum atomic E-state index is 15.0. The Balaban J connectivity index is 2.13. The molecule has 28 heavy (non-hydrogen) atoms. The standard InChI is InChI=1S/C18H10F6O4/c19-12-5-11-9(17(15(12)21)28-7-26)1-3-10(18(11,23)24)8-2-4-13(27-6-25)16(22)14(8)20/h2,4-7,10H,1,3H2. The summed E-state index contributed by atoms with van der Waals surface area (Å²) in [5.74, 6) is -14.2. The molecule has 0 radical (unpaired) electrons. The Hall–Kier alpha value is -3.04. The Morgan fingerprint density at radius 3 is 2.29 bits per heavy atom. The van der Waals surface area contributed by atoms with Crippen LogP contribution in [0.5, 0.6) is 11.5 Å². The number of alkyl halides is 2. The van der Waals surface area contributed by atoms with Crippen molar-refractivity contribution in [2.45, 2.75) is 24.7 Å². The molecule has 0 fully saturated rings. The van der Waals surface area contributed by atoms with Crippen LogP contribution in [0.3, 0.4) is 0 Å². The van der Waals surface area contributed by atoms with Crippen molar-refractivity contribution >= 4 is 12.9 Å². The van der Waals surface area contributed by atoms with Gasteiger partial charge in [0.1, 0.15) is 0 Å². The van der Waals surface area contributed by atoms with Crippen molar-refractivity contribution in [1.82, 2.24) is 0 Å². The number of fused-ring (bicyclic) bond motifs is 1. The lowest BCUT2D eigenvalue weighted by atomic mass is 9.76. The minimum atomic E-state index is -3.94. The molecule has 1 atom stereocenters. The van der Waals surface area contributed by atoms with Gasteiger partial charge in [-0.2, -0.15) is 8.78 Å². The average molecular weight is 404 g/mol. The van der Waals surface area contributed by atoms with Crippen molar-refractivity contribution < 1.29 is 45.4 Å². The van der Waals surface area contributed by atoms with Crippen LogP contribution in [0.2, 0.25) is 0 Å². The van der Waals surface area contributed by atoms with Crippen LogP contribution >= 0.6 is 0 Å². The zero-order valence-corrected chi connectivity index (χ0v) is 13.8. The summed E-state index contributed by atoms with van der Waals surface area (Å²) < 4.78 is 94.5. The van der Waals surface area contributed by atoms with Gasteiger partial charge in [-0.1, -0.05) is 6.07 Å². The molecule has 148 valence electrons. The van der Waals surface area contributed by atoms with Crippen LogP contribution < -0.4 is 9.47 Å². The SMILES string of the molecule is O=COc1ccc(C2CCc3c(cc(F)c(F)c3OC=O)C2(F)F)c(F)c1F. The summed E-state index contributed by atoms with van der Waals surface area (Å²) in [7, 11) is 0. The van der Waals surface area contributed by atoms with Gasteiger partial charge in [0.2, 0.25) is 11.6 Å². The molecular formula is C18H10F6O4. The number of ether oxygens (including phenoxy) is 2. The van der Waals surface area contributed by atoms with Crippen LogP contribution in [0.1, 0.15) is 29.0 Å². The molecule has 0 amide bonds. The predicted molar refractivity (Wildman–Crippen MR) is 81.1 cm³/mol. The zero-order valence-electron chi connectivity index (χ0n) is 13.8. The van der Waals surface area contributed by atoms with E-state index in [2.05, 4.69) is 9.47 Å². The number of carbonyl (C=O) groups excluding carboxylic acids is 2. The monoisotopic (exact) mass is 404 g/mol. The molecule has 0 heterocycles. The summed E-state index contributed by atoms with van der Waals surface area (Å²) in [6.07, 6.45) is -0.797. The van der Waals surface area contributed by atoms with Gasteiger partial charge in [0, 0.05) is 16.7 Å².